The molecule has 1 aliphatic heterocycles. The molecule has 0 bridgehead atoms. The fourth-order valence-electron chi connectivity index (χ4n) is 3.48. The average Bonchev–Trinajstić information content (AvgIpc) is 3.25. The summed E-state index contributed by atoms with van der Waals surface area (Å²) in [5.41, 5.74) is 3.75. The molecule has 0 spiro atoms. The van der Waals surface area contributed by atoms with Crippen molar-refractivity contribution < 1.29 is 13.2 Å². The maximum absolute atomic E-state index is 12.7. The van der Waals surface area contributed by atoms with Crippen LogP contribution in [0.1, 0.15) is 16.8 Å². The Balaban J connectivity index is 1.54. The number of nitrogens with one attached hydrogen (secondary N) is 1. The first-order valence-electron chi connectivity index (χ1n) is 8.58. The maximum Gasteiger partial charge on any atom is 0.253 e. The summed E-state index contributed by atoms with van der Waals surface area (Å²) >= 11 is 0. The number of benzene rings is 2. The Morgan fingerprint density at radius 2 is 1.81 bits per heavy atom. The third kappa shape index (κ3) is 3.12. The van der Waals surface area contributed by atoms with Gasteiger partial charge < -0.3 is 9.88 Å². The Labute approximate surface area is 152 Å². The van der Waals surface area contributed by atoms with Crippen molar-refractivity contribution in [3.05, 3.63) is 60.3 Å². The van der Waals surface area contributed by atoms with Gasteiger partial charge in [-0.2, -0.15) is 0 Å². The minimum Gasteiger partial charge on any atom is -0.361 e. The Morgan fingerprint density at radius 1 is 1.08 bits per heavy atom. The first-order chi connectivity index (χ1) is 12.4. The zero-order valence-electron chi connectivity index (χ0n) is 14.5. The van der Waals surface area contributed by atoms with E-state index in [0.29, 0.717) is 12.0 Å². The predicted molar refractivity (Wildman–Crippen MR) is 103 cm³/mol. The number of rotatable bonds is 3. The van der Waals surface area contributed by atoms with Gasteiger partial charge in [0.15, 0.2) is 9.84 Å². The van der Waals surface area contributed by atoms with Crippen LogP contribution in [0.2, 0.25) is 0 Å². The number of aromatic nitrogens is 1. The predicted octanol–water partition coefficient (Wildman–Crippen LogP) is 3.09. The molecule has 3 aromatic rings. The van der Waals surface area contributed by atoms with Crippen molar-refractivity contribution >= 4 is 26.6 Å². The van der Waals surface area contributed by atoms with Crippen LogP contribution >= 0.6 is 0 Å². The molecule has 5 nitrogen and oxygen atoms in total. The second kappa shape index (κ2) is 6.29. The molecular weight excluding hydrogens is 348 g/mol. The number of carbonyl (C=O) groups excluding carboxylic acids is 1. The van der Waals surface area contributed by atoms with E-state index < -0.39 is 9.84 Å². The van der Waals surface area contributed by atoms with E-state index in [9.17, 15) is 13.2 Å². The minimum absolute atomic E-state index is 0.0590. The largest absolute Gasteiger partial charge is 0.361 e. The summed E-state index contributed by atoms with van der Waals surface area (Å²) in [7, 11) is -1.33. The number of aromatic amines is 1. The van der Waals surface area contributed by atoms with Crippen LogP contribution < -0.4 is 0 Å². The molecule has 1 aliphatic rings. The van der Waals surface area contributed by atoms with Gasteiger partial charge >= 0.3 is 0 Å². The first kappa shape index (κ1) is 16.8. The highest BCUT2D eigenvalue weighted by atomic mass is 32.2. The fourth-order valence-corrected chi connectivity index (χ4v) is 5.26. The normalized spacial score (nSPS) is 18.9. The molecule has 1 amide bonds. The highest BCUT2D eigenvalue weighted by molar-refractivity contribution is 7.91. The molecule has 6 heteroatoms. The number of H-pyrrole nitrogens is 1. The Morgan fingerprint density at radius 3 is 2.50 bits per heavy atom. The molecule has 1 atom stereocenters. The van der Waals surface area contributed by atoms with E-state index in [4.69, 9.17) is 0 Å². The minimum atomic E-state index is -3.01. The van der Waals surface area contributed by atoms with E-state index in [1.54, 1.807) is 24.1 Å². The molecule has 1 fully saturated rings. The second-order valence-electron chi connectivity index (χ2n) is 6.83. The standard InChI is InChI=1S/C20H20N2O3S/c1-22(18-9-11-26(24,25)13-18)20(23)16-5-2-14(3-6-16)17-7-4-15-8-10-21-19(15)12-17/h2-8,10,12,18,21H,9,11,13H2,1H3/t18-/m0/s1. The van der Waals surface area contributed by atoms with E-state index in [0.717, 1.165) is 22.0 Å². The molecule has 1 N–H and O–H groups in total. The average molecular weight is 368 g/mol. The van der Waals surface area contributed by atoms with E-state index in [2.05, 4.69) is 23.2 Å². The van der Waals surface area contributed by atoms with Crippen molar-refractivity contribution in [2.24, 2.45) is 0 Å². The first-order valence-corrected chi connectivity index (χ1v) is 10.4. The summed E-state index contributed by atoms with van der Waals surface area (Å²) in [6.07, 6.45) is 2.42. The van der Waals surface area contributed by atoms with Crippen LogP contribution in [0.25, 0.3) is 22.0 Å². The highest BCUT2D eigenvalue weighted by Gasteiger charge is 2.32. The van der Waals surface area contributed by atoms with Crippen molar-refractivity contribution in [3.8, 4) is 11.1 Å². The summed E-state index contributed by atoms with van der Waals surface area (Å²) in [4.78, 5) is 17.4. The number of fused-ring (bicyclic) bond motifs is 1. The number of hydrogen-bond acceptors (Lipinski definition) is 3. The molecule has 0 saturated carbocycles. The molecule has 1 saturated heterocycles. The van der Waals surface area contributed by atoms with Crippen molar-refractivity contribution in [2.45, 2.75) is 12.5 Å². The van der Waals surface area contributed by atoms with Crippen molar-refractivity contribution in [1.29, 1.82) is 0 Å². The van der Waals surface area contributed by atoms with E-state index in [-0.39, 0.29) is 23.5 Å². The smallest absolute Gasteiger partial charge is 0.253 e. The number of amides is 1. The molecule has 0 radical (unpaired) electrons. The monoisotopic (exact) mass is 368 g/mol. The molecule has 26 heavy (non-hydrogen) atoms. The van der Waals surface area contributed by atoms with Gasteiger partial charge in [-0.25, -0.2) is 8.42 Å². The third-order valence-electron chi connectivity index (χ3n) is 5.10. The topological polar surface area (TPSA) is 70.2 Å². The molecule has 4 rings (SSSR count). The Kier molecular flexibility index (Phi) is 4.07. The third-order valence-corrected chi connectivity index (χ3v) is 6.85. The van der Waals surface area contributed by atoms with Crippen molar-refractivity contribution in [2.75, 3.05) is 18.6 Å². The van der Waals surface area contributed by atoms with E-state index in [1.807, 2.05) is 24.4 Å². The van der Waals surface area contributed by atoms with Crippen LogP contribution in [0.4, 0.5) is 0 Å². The van der Waals surface area contributed by atoms with Gasteiger partial charge in [0.1, 0.15) is 0 Å². The van der Waals surface area contributed by atoms with Crippen LogP contribution in [0, 0.1) is 0 Å². The number of sulfone groups is 1. The van der Waals surface area contributed by atoms with Gasteiger partial charge in [0.2, 0.25) is 0 Å². The van der Waals surface area contributed by atoms with Gasteiger partial charge in [-0.3, -0.25) is 4.79 Å². The van der Waals surface area contributed by atoms with E-state index >= 15 is 0 Å². The molecule has 2 aromatic carbocycles. The number of nitrogens with zero attached hydrogens (tertiary/aromatic N) is 1. The lowest BCUT2D eigenvalue weighted by Crippen LogP contribution is -2.37. The van der Waals surface area contributed by atoms with Crippen LogP contribution in [0.5, 0.6) is 0 Å². The summed E-state index contributed by atoms with van der Waals surface area (Å²) in [5.74, 6) is 0.0809. The Bertz CT molecular complexity index is 1070. The second-order valence-corrected chi connectivity index (χ2v) is 9.06. The quantitative estimate of drug-likeness (QED) is 0.772. The van der Waals surface area contributed by atoms with Gasteiger partial charge in [-0.1, -0.05) is 24.3 Å². The Hall–Kier alpha value is -2.60. The highest BCUT2D eigenvalue weighted by Crippen LogP contribution is 2.25. The van der Waals surface area contributed by atoms with Gasteiger partial charge in [0, 0.05) is 30.4 Å². The zero-order chi connectivity index (χ0) is 18.3. The van der Waals surface area contributed by atoms with Gasteiger partial charge in [-0.15, -0.1) is 0 Å². The summed E-state index contributed by atoms with van der Waals surface area (Å²) in [6, 6.07) is 15.5. The van der Waals surface area contributed by atoms with Crippen LogP contribution in [0.3, 0.4) is 0 Å². The number of hydrogen-bond donors (Lipinski definition) is 1. The lowest BCUT2D eigenvalue weighted by Gasteiger charge is -2.23. The van der Waals surface area contributed by atoms with Crippen LogP contribution in [-0.2, 0) is 9.84 Å². The molecular formula is C20H20N2O3S. The van der Waals surface area contributed by atoms with Crippen LogP contribution in [-0.4, -0.2) is 48.8 Å². The zero-order valence-corrected chi connectivity index (χ0v) is 15.3. The lowest BCUT2D eigenvalue weighted by atomic mass is 10.0. The van der Waals surface area contributed by atoms with Gasteiger partial charge in [0.05, 0.1) is 11.5 Å². The van der Waals surface area contributed by atoms with Gasteiger partial charge in [-0.05, 0) is 47.2 Å². The maximum atomic E-state index is 12.7. The summed E-state index contributed by atoms with van der Waals surface area (Å²) in [5, 5.41) is 1.16. The fraction of sp³-hybridized carbons (Fsp3) is 0.250. The van der Waals surface area contributed by atoms with Crippen molar-refractivity contribution in [1.82, 2.24) is 9.88 Å². The summed E-state index contributed by atoms with van der Waals surface area (Å²) < 4.78 is 23.3. The molecule has 2 heterocycles. The SMILES string of the molecule is CN(C(=O)c1ccc(-c2ccc3cc[nH]c3c2)cc1)[C@H]1CCS(=O)(=O)C1. The van der Waals surface area contributed by atoms with Gasteiger partial charge in [0.25, 0.3) is 5.91 Å². The van der Waals surface area contributed by atoms with Crippen molar-refractivity contribution in [3.63, 3.8) is 0 Å². The molecule has 0 aliphatic carbocycles. The molecule has 0 unspecified atom stereocenters. The van der Waals surface area contributed by atoms with E-state index in [1.165, 1.54) is 0 Å². The number of carbonyl (C=O) groups is 1. The molecule has 134 valence electrons. The lowest BCUT2D eigenvalue weighted by molar-refractivity contribution is 0.0747. The van der Waals surface area contributed by atoms with Crippen LogP contribution in [0.15, 0.2) is 54.7 Å². The summed E-state index contributed by atoms with van der Waals surface area (Å²) in [6.45, 7) is 0. The molecule has 1 aromatic heterocycles.